The van der Waals surface area contributed by atoms with Crippen molar-refractivity contribution in [2.75, 3.05) is 0 Å². The van der Waals surface area contributed by atoms with Crippen molar-refractivity contribution in [3.63, 3.8) is 0 Å². The molecule has 0 spiro atoms. The Bertz CT molecular complexity index is 3030. The van der Waals surface area contributed by atoms with Crippen molar-refractivity contribution in [3.05, 3.63) is 157 Å². The van der Waals surface area contributed by atoms with Gasteiger partial charge in [0, 0.05) is 49.1 Å². The molecule has 5 nitrogen and oxygen atoms in total. The minimum absolute atomic E-state index is 0.521. The summed E-state index contributed by atoms with van der Waals surface area (Å²) in [6.07, 6.45) is 0. The fraction of sp³-hybridized carbons (Fsp3) is 0. The predicted octanol–water partition coefficient (Wildman–Crippen LogP) is 11.2. The number of para-hydroxylation sites is 5. The van der Waals surface area contributed by atoms with E-state index >= 15 is 0 Å². The largest absolute Gasteiger partial charge is 0.456 e. The van der Waals surface area contributed by atoms with E-state index in [1.807, 2.05) is 72.8 Å². The summed E-state index contributed by atoms with van der Waals surface area (Å²) in [7, 11) is 0. The second-order valence-electron chi connectivity index (χ2n) is 12.3. The van der Waals surface area contributed by atoms with E-state index in [0.29, 0.717) is 11.1 Å². The number of nitrogens with zero attached hydrogens (tertiary/aromatic N) is 4. The zero-order valence-electron chi connectivity index (χ0n) is 26.1. The Morgan fingerprint density at radius 2 is 1.02 bits per heavy atom. The number of furan rings is 1. The van der Waals surface area contributed by atoms with E-state index in [0.717, 1.165) is 88.1 Å². The average molecular weight is 625 g/mol. The number of hydrogen-bond donors (Lipinski definition) is 0. The third-order valence-electron chi connectivity index (χ3n) is 9.80. The Hall–Kier alpha value is -7.08. The molecule has 226 valence electrons. The highest BCUT2D eigenvalue weighted by molar-refractivity contribution is 6.17. The van der Waals surface area contributed by atoms with Crippen molar-refractivity contribution >= 4 is 65.6 Å². The maximum absolute atomic E-state index is 10.7. The molecule has 10 rings (SSSR count). The summed E-state index contributed by atoms with van der Waals surface area (Å²) in [5.74, 6) is 0. The van der Waals surface area contributed by atoms with Crippen LogP contribution in [0.1, 0.15) is 11.1 Å². The molecule has 3 heterocycles. The summed E-state index contributed by atoms with van der Waals surface area (Å²) in [5, 5.41) is 27.7. The van der Waals surface area contributed by atoms with Gasteiger partial charge in [0.15, 0.2) is 0 Å². The van der Waals surface area contributed by atoms with E-state index in [1.54, 1.807) is 0 Å². The molecule has 0 atom stereocenters. The molecule has 0 aliphatic rings. The molecular weight excluding hydrogens is 601 g/mol. The molecular formula is C44H24N4O. The highest BCUT2D eigenvalue weighted by atomic mass is 16.3. The summed E-state index contributed by atoms with van der Waals surface area (Å²) in [5.41, 5.74) is 10.0. The molecule has 0 radical (unpaired) electrons. The Morgan fingerprint density at radius 1 is 0.408 bits per heavy atom. The Labute approximate surface area is 280 Å². The second kappa shape index (κ2) is 10.2. The third-order valence-corrected chi connectivity index (χ3v) is 9.80. The van der Waals surface area contributed by atoms with Crippen molar-refractivity contribution in [1.82, 2.24) is 9.13 Å². The lowest BCUT2D eigenvalue weighted by atomic mass is 9.95. The molecule has 0 saturated heterocycles. The summed E-state index contributed by atoms with van der Waals surface area (Å²) >= 11 is 0. The molecule has 0 aliphatic carbocycles. The van der Waals surface area contributed by atoms with Crippen LogP contribution in [0.2, 0.25) is 0 Å². The zero-order valence-corrected chi connectivity index (χ0v) is 26.1. The van der Waals surface area contributed by atoms with Crippen molar-refractivity contribution < 1.29 is 4.42 Å². The lowest BCUT2D eigenvalue weighted by Gasteiger charge is -2.17. The van der Waals surface area contributed by atoms with Gasteiger partial charge in [-0.1, -0.05) is 91.0 Å². The smallest absolute Gasteiger partial charge is 0.136 e. The van der Waals surface area contributed by atoms with Crippen LogP contribution in [0.15, 0.2) is 150 Å². The highest BCUT2D eigenvalue weighted by Crippen LogP contribution is 2.42. The fourth-order valence-electron chi connectivity index (χ4n) is 7.72. The summed E-state index contributed by atoms with van der Waals surface area (Å²) < 4.78 is 10.7. The van der Waals surface area contributed by atoms with E-state index in [2.05, 4.69) is 94.1 Å². The maximum atomic E-state index is 10.7. The van der Waals surface area contributed by atoms with Gasteiger partial charge in [-0.25, -0.2) is 0 Å². The second-order valence-corrected chi connectivity index (χ2v) is 12.3. The number of fused-ring (bicyclic) bond motifs is 9. The average Bonchev–Trinajstić information content (AvgIpc) is 3.80. The van der Waals surface area contributed by atoms with Crippen molar-refractivity contribution in [2.45, 2.75) is 0 Å². The minimum atomic E-state index is 0.521. The first kappa shape index (κ1) is 27.1. The maximum Gasteiger partial charge on any atom is 0.136 e. The first-order valence-corrected chi connectivity index (χ1v) is 16.1. The van der Waals surface area contributed by atoms with Crippen LogP contribution in [0.5, 0.6) is 0 Å². The van der Waals surface area contributed by atoms with Crippen LogP contribution in [-0.2, 0) is 0 Å². The molecule has 0 N–H and O–H groups in total. The van der Waals surface area contributed by atoms with E-state index in [-0.39, 0.29) is 0 Å². The molecule has 5 heteroatoms. The summed E-state index contributed by atoms with van der Waals surface area (Å²) in [4.78, 5) is 0. The van der Waals surface area contributed by atoms with Crippen LogP contribution in [0.3, 0.4) is 0 Å². The van der Waals surface area contributed by atoms with Crippen LogP contribution in [0, 0.1) is 22.7 Å². The normalized spacial score (nSPS) is 11.6. The molecule has 10 aromatic rings. The van der Waals surface area contributed by atoms with E-state index < -0.39 is 0 Å². The molecule has 3 aromatic heterocycles. The van der Waals surface area contributed by atoms with Crippen LogP contribution >= 0.6 is 0 Å². The van der Waals surface area contributed by atoms with Crippen molar-refractivity contribution in [2.24, 2.45) is 0 Å². The number of aromatic nitrogens is 2. The molecule has 49 heavy (non-hydrogen) atoms. The molecule has 0 unspecified atom stereocenters. The summed E-state index contributed by atoms with van der Waals surface area (Å²) in [6, 6.07) is 54.1. The van der Waals surface area contributed by atoms with E-state index in [1.165, 1.54) is 0 Å². The SMILES string of the molecule is N#Cc1cc(-n2c3ccccc3c3ccccc32)ccc1-c1cccc(C#N)c1-n1c2ccccc2c2cc3oc4ccccc4c3cc21. The van der Waals surface area contributed by atoms with Gasteiger partial charge in [-0.2, -0.15) is 10.5 Å². The topological polar surface area (TPSA) is 70.6 Å². The summed E-state index contributed by atoms with van der Waals surface area (Å²) in [6.45, 7) is 0. The minimum Gasteiger partial charge on any atom is -0.456 e. The number of nitriles is 2. The van der Waals surface area contributed by atoms with Gasteiger partial charge in [-0.15, -0.1) is 0 Å². The standard InChI is InChI=1S/C44H24N4O/c45-25-27-10-9-15-35(30-21-20-29(22-28(30)26-46)47-38-16-5-1-11-31(38)32-12-2-6-17-39(32)47)44(27)48-40-18-7-3-13-33(40)36-24-43-37(23-41(36)48)34-14-4-8-19-42(34)49-43/h1-24H. The van der Waals surface area contributed by atoms with Crippen LogP contribution in [0.4, 0.5) is 0 Å². The fourth-order valence-corrected chi connectivity index (χ4v) is 7.72. The van der Waals surface area contributed by atoms with Crippen molar-refractivity contribution in [3.8, 4) is 34.6 Å². The predicted molar refractivity (Wildman–Crippen MR) is 197 cm³/mol. The van der Waals surface area contributed by atoms with Crippen LogP contribution < -0.4 is 0 Å². The van der Waals surface area contributed by atoms with Gasteiger partial charge in [0.25, 0.3) is 0 Å². The molecule has 0 amide bonds. The van der Waals surface area contributed by atoms with Gasteiger partial charge in [-0.05, 0) is 54.6 Å². The van der Waals surface area contributed by atoms with Gasteiger partial charge >= 0.3 is 0 Å². The zero-order chi connectivity index (χ0) is 32.6. The number of hydrogen-bond acceptors (Lipinski definition) is 3. The van der Waals surface area contributed by atoms with Crippen LogP contribution in [0.25, 0.3) is 88.1 Å². The Morgan fingerprint density at radius 3 is 1.71 bits per heavy atom. The quantitative estimate of drug-likeness (QED) is 0.196. The van der Waals surface area contributed by atoms with Gasteiger partial charge in [0.1, 0.15) is 17.2 Å². The van der Waals surface area contributed by atoms with E-state index in [9.17, 15) is 10.5 Å². The van der Waals surface area contributed by atoms with Gasteiger partial charge < -0.3 is 13.6 Å². The Balaban J connectivity index is 1.26. The first-order valence-electron chi connectivity index (χ1n) is 16.1. The van der Waals surface area contributed by atoms with Gasteiger partial charge in [-0.3, -0.25) is 0 Å². The van der Waals surface area contributed by atoms with Gasteiger partial charge in [0.2, 0.25) is 0 Å². The first-order chi connectivity index (χ1) is 24.2. The lowest BCUT2D eigenvalue weighted by molar-refractivity contribution is 0.669. The van der Waals surface area contributed by atoms with Gasteiger partial charge in [0.05, 0.1) is 45.0 Å². The molecule has 0 fully saturated rings. The van der Waals surface area contributed by atoms with Crippen LogP contribution in [-0.4, -0.2) is 9.13 Å². The number of rotatable bonds is 3. The monoisotopic (exact) mass is 624 g/mol. The molecule has 0 bridgehead atoms. The third kappa shape index (κ3) is 3.79. The van der Waals surface area contributed by atoms with Crippen molar-refractivity contribution in [1.29, 1.82) is 10.5 Å². The highest BCUT2D eigenvalue weighted by Gasteiger charge is 2.22. The Kier molecular flexibility index (Phi) is 5.64. The molecule has 0 saturated carbocycles. The molecule has 7 aromatic carbocycles. The lowest BCUT2D eigenvalue weighted by Crippen LogP contribution is -2.02. The molecule has 0 aliphatic heterocycles. The number of benzene rings is 7. The van der Waals surface area contributed by atoms with E-state index in [4.69, 9.17) is 4.42 Å².